The van der Waals surface area contributed by atoms with E-state index in [1.807, 2.05) is 38.1 Å². The van der Waals surface area contributed by atoms with E-state index in [-0.39, 0.29) is 115 Å². The van der Waals surface area contributed by atoms with Gasteiger partial charge in [-0.25, -0.2) is 19.9 Å². The maximum Gasteiger partial charge on any atom is 0.322 e. The van der Waals surface area contributed by atoms with Crippen LogP contribution in [0.1, 0.15) is 96.7 Å². The summed E-state index contributed by atoms with van der Waals surface area (Å²) >= 11 is 4.68. The number of ketones is 2. The van der Waals surface area contributed by atoms with Crippen LogP contribution in [0, 0.1) is 11.8 Å². The summed E-state index contributed by atoms with van der Waals surface area (Å²) in [6, 6.07) is 11.2. The molecule has 104 heavy (non-hydrogen) atoms. The molecule has 2 aliphatic heterocycles. The Balaban J connectivity index is 0.000000241. The number of aliphatic hydroxyl groups excluding tert-OH is 1. The molecule has 2 aromatic carbocycles. The van der Waals surface area contributed by atoms with E-state index in [1.54, 1.807) is 31.2 Å². The number of benzene rings is 2. The number of anilines is 2. The lowest BCUT2D eigenvalue weighted by molar-refractivity contribution is -0.140. The van der Waals surface area contributed by atoms with Crippen molar-refractivity contribution < 1.29 is 97.5 Å². The van der Waals surface area contributed by atoms with Gasteiger partial charge in [-0.15, -0.1) is 22.7 Å². The van der Waals surface area contributed by atoms with Crippen molar-refractivity contribution in [1.82, 2.24) is 51.2 Å². The molecule has 0 saturated heterocycles. The second-order valence-electron chi connectivity index (χ2n) is 24.0. The molecular weight excluding hydrogens is 1440 g/mol. The number of β-amino-alcohol motifs (C(OH)–C–C–N with tert-alkyl or cyclic N) is 1. The molecule has 10 rings (SSSR count). The Bertz CT molecular complexity index is 4600. The van der Waals surface area contributed by atoms with Gasteiger partial charge in [-0.3, -0.25) is 47.9 Å². The maximum atomic E-state index is 12.9. The Labute approximate surface area is 607 Å². The SMILES string of the molecule is CCOCc1cnc(SC[C@H](CC(=O)CC[C@H](N)C(=O)O)C(=O)NCC(=O)O)nc1Oc1ccc2c(ccc3sc4c(c32)NC[C@](C)(O)NC4=O)n1.CCOCc1cnc(SC[C@H](CC(=O)CC[C@H](N)C(=O)O)C(=O)NCC(=O)O)nc1Oc1ccc2c(ccc3sc4c(c32)N[C@@H](O)[C@@H](C)NC4=O)n1. The highest BCUT2D eigenvalue weighted by molar-refractivity contribution is 7.99. The molecule has 0 fully saturated rings. The standard InChI is InChI=1S/2C33H37N7O10S2/c1-3-49-13-17-11-36-32(51-14-16(28(44)35-12-24(42)43)10-18(41)4-6-20(34)31(46)47)39-30(17)50-23-9-5-19-21(38-23)7-8-22-25(19)26-27(52-22)29(45)40-33(2,48)15-37-26;1-3-49-13-17-11-36-33(51-14-16(29(45)35-12-24(42)43)10-18(41)4-6-20(34)32(47)48)40-31(17)50-23-9-5-19-21(38-23)7-8-22-25(19)26-27(52-22)30(46)37-15(2)28(44)39-26/h5,7-9,11,16,20,37,48H,3-4,6,10,12-15,34H2,1-2H3,(H,35,44)(H,40,45)(H,42,43)(H,46,47);5,7-9,11,15-16,20,28,39,44H,3-4,6,10,12-14,34H2,1-2H3,(H,35,45)(H,37,46)(H,42,43)(H,47,48)/t16-,20-,33-;15-,16+,20+,28+/m01/s1. The van der Waals surface area contributed by atoms with Crippen LogP contribution < -0.4 is 52.8 Å². The topological polar surface area (TPSA) is 531 Å². The number of aromatic nitrogens is 6. The lowest BCUT2D eigenvalue weighted by atomic mass is 9.99. The summed E-state index contributed by atoms with van der Waals surface area (Å²) in [5, 5.41) is 76.7. The van der Waals surface area contributed by atoms with Gasteiger partial charge in [0.15, 0.2) is 16.0 Å². The molecule has 2 aliphatic rings. The minimum Gasteiger partial charge on any atom is -0.480 e. The first-order valence-electron chi connectivity index (χ1n) is 32.3. The maximum absolute atomic E-state index is 12.9. The zero-order valence-electron chi connectivity index (χ0n) is 56.2. The molecule has 8 heterocycles. The van der Waals surface area contributed by atoms with Gasteiger partial charge in [0.1, 0.15) is 52.7 Å². The van der Waals surface area contributed by atoms with E-state index in [0.29, 0.717) is 56.5 Å². The number of pyridine rings is 2. The molecule has 8 aromatic rings. The Morgan fingerprint density at radius 3 is 1.54 bits per heavy atom. The first kappa shape index (κ1) is 78.2. The van der Waals surface area contributed by atoms with Crippen LogP contribution in [-0.2, 0) is 61.0 Å². The number of ether oxygens (including phenoxy) is 4. The number of nitrogens with two attached hydrogens (primary N) is 2. The average Bonchev–Trinajstić information content (AvgIpc) is 1.60. The molecule has 4 amide bonds. The molecule has 16 N–H and O–H groups in total. The number of fused-ring (bicyclic) bond motifs is 10. The summed E-state index contributed by atoms with van der Waals surface area (Å²) in [6.45, 7) is 6.73. The predicted octanol–water partition coefficient (Wildman–Crippen LogP) is 4.98. The number of aliphatic carboxylic acids is 4. The van der Waals surface area contributed by atoms with Crippen molar-refractivity contribution in [2.75, 3.05) is 55.0 Å². The number of Topliss-reactive ketones (excluding diaryl/α,β-unsaturated/α-hetero) is 2. The fourth-order valence-corrected chi connectivity index (χ4v) is 14.4. The first-order valence-corrected chi connectivity index (χ1v) is 35.9. The summed E-state index contributed by atoms with van der Waals surface area (Å²) in [7, 11) is 0. The monoisotopic (exact) mass is 1510 g/mol. The zero-order chi connectivity index (χ0) is 75.1. The highest BCUT2D eigenvalue weighted by atomic mass is 32.2. The van der Waals surface area contributed by atoms with Crippen LogP contribution >= 0.6 is 46.2 Å². The number of carboxylic acid groups (broad SMARTS) is 4. The van der Waals surface area contributed by atoms with Gasteiger partial charge >= 0.3 is 23.9 Å². The largest absolute Gasteiger partial charge is 0.480 e. The Kier molecular flexibility index (Phi) is 26.7. The van der Waals surface area contributed by atoms with Gasteiger partial charge in [0.2, 0.25) is 35.3 Å². The predicted molar refractivity (Wildman–Crippen MR) is 381 cm³/mol. The van der Waals surface area contributed by atoms with Gasteiger partial charge in [-0.05, 0) is 76.9 Å². The van der Waals surface area contributed by atoms with E-state index < -0.39 is 102 Å². The van der Waals surface area contributed by atoms with Crippen LogP contribution in [0.2, 0.25) is 0 Å². The number of aliphatic hydroxyl groups is 2. The van der Waals surface area contributed by atoms with Gasteiger partial charge in [0.25, 0.3) is 11.8 Å². The fourth-order valence-electron chi connectivity index (χ4n) is 10.5. The molecule has 0 bridgehead atoms. The van der Waals surface area contributed by atoms with Crippen molar-refractivity contribution >= 4 is 159 Å². The van der Waals surface area contributed by atoms with Gasteiger partial charge < -0.3 is 93.0 Å². The molecule has 6 aromatic heterocycles. The second-order valence-corrected chi connectivity index (χ2v) is 28.1. The van der Waals surface area contributed by atoms with E-state index in [9.17, 15) is 58.2 Å². The van der Waals surface area contributed by atoms with Crippen LogP contribution in [0.25, 0.3) is 42.0 Å². The number of hydrogen-bond acceptors (Lipinski definition) is 30. The third kappa shape index (κ3) is 20.5. The van der Waals surface area contributed by atoms with Gasteiger partial charge in [-0.1, -0.05) is 23.5 Å². The number of nitrogens with one attached hydrogen (secondary N) is 6. The first-order chi connectivity index (χ1) is 49.6. The van der Waals surface area contributed by atoms with E-state index in [0.717, 1.165) is 54.5 Å². The minimum absolute atomic E-state index is 0.0108. The van der Waals surface area contributed by atoms with Gasteiger partial charge in [0.05, 0.1) is 71.2 Å². The Morgan fingerprint density at radius 1 is 0.644 bits per heavy atom. The summed E-state index contributed by atoms with van der Waals surface area (Å²) in [6.07, 6.45) is 0.879. The number of carbonyl (C=O) groups is 10. The number of nitrogens with zero attached hydrogens (tertiary/aromatic N) is 6. The number of hydrogen-bond donors (Lipinski definition) is 14. The van der Waals surface area contributed by atoms with Gasteiger partial charge in [0, 0.05) is 106 Å². The van der Waals surface area contributed by atoms with E-state index in [1.165, 1.54) is 42.0 Å². The summed E-state index contributed by atoms with van der Waals surface area (Å²) < 4.78 is 25.2. The van der Waals surface area contributed by atoms with Crippen molar-refractivity contribution in [3.63, 3.8) is 0 Å². The van der Waals surface area contributed by atoms with Crippen LogP contribution in [0.5, 0.6) is 23.5 Å². The third-order valence-corrected chi connectivity index (χ3v) is 20.3. The molecule has 0 spiro atoms. The molecule has 7 atom stereocenters. The molecule has 0 saturated carbocycles. The molecule has 0 unspecified atom stereocenters. The lowest BCUT2D eigenvalue weighted by Gasteiger charge is -2.22. The number of amides is 4. The van der Waals surface area contributed by atoms with Crippen molar-refractivity contribution in [3.8, 4) is 23.5 Å². The highest BCUT2D eigenvalue weighted by Gasteiger charge is 2.34. The Morgan fingerprint density at radius 2 is 1.10 bits per heavy atom. The van der Waals surface area contributed by atoms with Crippen LogP contribution in [0.4, 0.5) is 11.4 Å². The van der Waals surface area contributed by atoms with E-state index in [2.05, 4.69) is 61.8 Å². The number of thiophene rings is 2. The quantitative estimate of drug-likeness (QED) is 0.0187. The van der Waals surface area contributed by atoms with Crippen LogP contribution in [0.15, 0.2) is 71.2 Å². The number of carbonyl (C=O) groups excluding carboxylic acids is 6. The smallest absolute Gasteiger partial charge is 0.322 e. The van der Waals surface area contributed by atoms with Crippen LogP contribution in [-0.4, -0.2) is 194 Å². The fraction of sp³-hybridized carbons (Fsp3) is 0.394. The molecule has 552 valence electrons. The summed E-state index contributed by atoms with van der Waals surface area (Å²) in [5.41, 5.74) is 12.8. The summed E-state index contributed by atoms with van der Waals surface area (Å²) in [5.74, 6) is -9.19. The molecule has 0 aliphatic carbocycles. The second kappa shape index (κ2) is 35.5. The highest BCUT2D eigenvalue weighted by Crippen LogP contribution is 2.44. The minimum atomic E-state index is -1.43. The zero-order valence-corrected chi connectivity index (χ0v) is 59.5. The summed E-state index contributed by atoms with van der Waals surface area (Å²) in [4.78, 5) is 149. The van der Waals surface area contributed by atoms with Crippen molar-refractivity contribution in [2.45, 2.75) is 120 Å². The molecular formula is C66H74N14O20S4. The number of rotatable bonds is 34. The number of carboxylic acids is 4. The van der Waals surface area contributed by atoms with Crippen molar-refractivity contribution in [1.29, 1.82) is 0 Å². The normalized spacial score (nSPS) is 16.7. The average molecular weight is 1510 g/mol. The Hall–Kier alpha value is -9.90. The molecule has 0 radical (unpaired) electrons. The lowest BCUT2D eigenvalue weighted by Crippen LogP contribution is -2.48. The molecule has 34 nitrogen and oxygen atoms in total. The van der Waals surface area contributed by atoms with Crippen LogP contribution in [0.3, 0.4) is 0 Å². The third-order valence-electron chi connectivity index (χ3n) is 15.9. The van der Waals surface area contributed by atoms with Crippen molar-refractivity contribution in [2.24, 2.45) is 23.3 Å². The number of thioether (sulfide) groups is 2. The molecule has 38 heteroatoms. The van der Waals surface area contributed by atoms with E-state index >= 15 is 0 Å². The van der Waals surface area contributed by atoms with Gasteiger partial charge in [-0.2, -0.15) is 9.97 Å². The van der Waals surface area contributed by atoms with E-state index in [4.69, 9.17) is 50.8 Å². The van der Waals surface area contributed by atoms with Crippen molar-refractivity contribution in [3.05, 3.63) is 81.8 Å².